The number of carbonyl (C=O) groups excluding carboxylic acids is 3. The summed E-state index contributed by atoms with van der Waals surface area (Å²) in [6.45, 7) is 8.27. The van der Waals surface area contributed by atoms with Crippen molar-refractivity contribution in [1.82, 2.24) is 0 Å². The van der Waals surface area contributed by atoms with Crippen molar-refractivity contribution in [3.8, 4) is 5.75 Å². The van der Waals surface area contributed by atoms with Crippen LogP contribution < -0.4 is 4.74 Å². The van der Waals surface area contributed by atoms with Crippen molar-refractivity contribution in [2.24, 2.45) is 11.8 Å². The molecule has 1 N–H and O–H groups in total. The molecular weight excluding hydrogens is 376 g/mol. The van der Waals surface area contributed by atoms with Gasteiger partial charge in [0.2, 0.25) is 0 Å². The minimum absolute atomic E-state index is 0.0553. The van der Waals surface area contributed by atoms with E-state index in [9.17, 15) is 19.5 Å². The van der Waals surface area contributed by atoms with Gasteiger partial charge in [-0.05, 0) is 24.6 Å². The lowest BCUT2D eigenvalue weighted by molar-refractivity contribution is -0.171. The summed E-state index contributed by atoms with van der Waals surface area (Å²) in [5.41, 5.74) is -1.19. The zero-order valence-electron chi connectivity index (χ0n) is 16.6. The highest BCUT2D eigenvalue weighted by molar-refractivity contribution is 6.02. The summed E-state index contributed by atoms with van der Waals surface area (Å²) >= 11 is 0. The van der Waals surface area contributed by atoms with Crippen LogP contribution in [0.1, 0.15) is 24.8 Å². The van der Waals surface area contributed by atoms with E-state index in [2.05, 4.69) is 13.2 Å². The van der Waals surface area contributed by atoms with Crippen LogP contribution in [0.15, 0.2) is 49.6 Å². The number of hydrogen-bond donors (Lipinski definition) is 1. The van der Waals surface area contributed by atoms with Crippen LogP contribution >= 0.6 is 0 Å². The van der Waals surface area contributed by atoms with Crippen LogP contribution in [0.25, 0.3) is 0 Å². The zero-order chi connectivity index (χ0) is 21.6. The van der Waals surface area contributed by atoms with E-state index in [0.717, 1.165) is 0 Å². The smallest absolute Gasteiger partial charge is 0.317 e. The lowest BCUT2D eigenvalue weighted by Crippen LogP contribution is -2.55. The van der Waals surface area contributed by atoms with Crippen molar-refractivity contribution in [3.63, 3.8) is 0 Å². The molecule has 0 amide bonds. The Morgan fingerprint density at radius 3 is 2.21 bits per heavy atom. The molecule has 156 valence electrons. The SMILES string of the molecule is C=CCOC(=O)[C@@H]1C(=O)C[C@](C)(O)[C@H](C(=O)OCC=C)[C@@H]1c1ccc(OC)cc1. The van der Waals surface area contributed by atoms with Crippen molar-refractivity contribution >= 4 is 17.7 Å². The second-order valence-electron chi connectivity index (χ2n) is 7.09. The van der Waals surface area contributed by atoms with E-state index in [1.165, 1.54) is 26.2 Å². The maximum atomic E-state index is 12.8. The summed E-state index contributed by atoms with van der Waals surface area (Å²) < 4.78 is 15.5. The van der Waals surface area contributed by atoms with Crippen LogP contribution in [-0.4, -0.2) is 48.8 Å². The van der Waals surface area contributed by atoms with Crippen LogP contribution in [0.5, 0.6) is 5.75 Å². The molecule has 0 aliphatic heterocycles. The number of Topliss-reactive ketones (excluding diaryl/α,β-unsaturated/α-hetero) is 1. The van der Waals surface area contributed by atoms with E-state index < -0.39 is 41.1 Å². The molecule has 0 heterocycles. The molecule has 1 aliphatic rings. The van der Waals surface area contributed by atoms with Gasteiger partial charge in [0.15, 0.2) is 5.78 Å². The normalized spacial score (nSPS) is 26.3. The Labute approximate surface area is 170 Å². The molecule has 29 heavy (non-hydrogen) atoms. The minimum atomic E-state index is -1.70. The van der Waals surface area contributed by atoms with Crippen LogP contribution in [0.4, 0.5) is 0 Å². The van der Waals surface area contributed by atoms with Crippen LogP contribution in [0, 0.1) is 11.8 Å². The maximum Gasteiger partial charge on any atom is 0.317 e. The van der Waals surface area contributed by atoms with Gasteiger partial charge in [-0.15, -0.1) is 0 Å². The van der Waals surface area contributed by atoms with Gasteiger partial charge in [-0.1, -0.05) is 37.4 Å². The second-order valence-corrected chi connectivity index (χ2v) is 7.09. The molecule has 0 saturated heterocycles. The molecule has 0 unspecified atom stereocenters. The van der Waals surface area contributed by atoms with Gasteiger partial charge in [0, 0.05) is 12.3 Å². The highest BCUT2D eigenvalue weighted by Crippen LogP contribution is 2.47. The summed E-state index contributed by atoms with van der Waals surface area (Å²) in [6.07, 6.45) is 2.42. The van der Waals surface area contributed by atoms with Crippen LogP contribution in [0.2, 0.25) is 0 Å². The summed E-state index contributed by atoms with van der Waals surface area (Å²) in [4.78, 5) is 38.4. The van der Waals surface area contributed by atoms with Crippen molar-refractivity contribution in [2.45, 2.75) is 24.9 Å². The second kappa shape index (κ2) is 9.52. The van der Waals surface area contributed by atoms with Crippen LogP contribution in [-0.2, 0) is 23.9 Å². The molecule has 0 aromatic heterocycles. The Morgan fingerprint density at radius 1 is 1.14 bits per heavy atom. The first-order chi connectivity index (χ1) is 13.8. The zero-order valence-corrected chi connectivity index (χ0v) is 16.6. The summed E-state index contributed by atoms with van der Waals surface area (Å²) in [5.74, 6) is -4.80. The number of benzene rings is 1. The average Bonchev–Trinajstić information content (AvgIpc) is 2.69. The van der Waals surface area contributed by atoms with Crippen molar-refractivity contribution in [3.05, 3.63) is 55.1 Å². The third-order valence-electron chi connectivity index (χ3n) is 4.96. The average molecular weight is 402 g/mol. The molecule has 1 aliphatic carbocycles. The molecule has 1 aromatic rings. The van der Waals surface area contributed by atoms with Crippen molar-refractivity contribution in [2.75, 3.05) is 20.3 Å². The fourth-order valence-corrected chi connectivity index (χ4v) is 3.70. The Morgan fingerprint density at radius 2 is 1.69 bits per heavy atom. The summed E-state index contributed by atoms with van der Waals surface area (Å²) in [7, 11) is 1.51. The largest absolute Gasteiger partial charge is 0.497 e. The molecule has 1 fully saturated rings. The number of esters is 2. The van der Waals surface area contributed by atoms with Crippen LogP contribution in [0.3, 0.4) is 0 Å². The quantitative estimate of drug-likeness (QED) is 0.404. The Balaban J connectivity index is 2.56. The molecular formula is C22H26O7. The van der Waals surface area contributed by atoms with Gasteiger partial charge in [0.25, 0.3) is 0 Å². The van der Waals surface area contributed by atoms with Gasteiger partial charge >= 0.3 is 11.9 Å². The van der Waals surface area contributed by atoms with E-state index in [1.807, 2.05) is 0 Å². The van der Waals surface area contributed by atoms with E-state index in [4.69, 9.17) is 14.2 Å². The third kappa shape index (κ3) is 4.92. The topological polar surface area (TPSA) is 99.1 Å². The molecule has 7 heteroatoms. The fourth-order valence-electron chi connectivity index (χ4n) is 3.70. The van der Waals surface area contributed by atoms with E-state index >= 15 is 0 Å². The number of carbonyl (C=O) groups is 3. The third-order valence-corrected chi connectivity index (χ3v) is 4.96. The number of ether oxygens (including phenoxy) is 3. The number of ketones is 1. The van der Waals surface area contributed by atoms with Gasteiger partial charge in [-0.25, -0.2) is 0 Å². The Hall–Kier alpha value is -2.93. The van der Waals surface area contributed by atoms with E-state index in [1.54, 1.807) is 24.3 Å². The first kappa shape index (κ1) is 22.4. The first-order valence-electron chi connectivity index (χ1n) is 9.21. The van der Waals surface area contributed by atoms with E-state index in [-0.39, 0.29) is 19.6 Å². The maximum absolute atomic E-state index is 12.8. The van der Waals surface area contributed by atoms with Gasteiger partial charge in [-0.3, -0.25) is 14.4 Å². The van der Waals surface area contributed by atoms with Gasteiger partial charge < -0.3 is 19.3 Å². The predicted octanol–water partition coefficient (Wildman–Crippen LogP) is 2.19. The predicted molar refractivity (Wildman–Crippen MR) is 105 cm³/mol. The number of methoxy groups -OCH3 is 1. The lowest BCUT2D eigenvalue weighted by Gasteiger charge is -2.43. The Kier molecular flexibility index (Phi) is 7.34. The molecule has 0 bridgehead atoms. The fraction of sp³-hybridized carbons (Fsp3) is 0.409. The molecule has 0 spiro atoms. The monoisotopic (exact) mass is 402 g/mol. The number of hydrogen-bond acceptors (Lipinski definition) is 7. The number of aliphatic hydroxyl groups is 1. The Bertz CT molecular complexity index is 779. The highest BCUT2D eigenvalue weighted by atomic mass is 16.5. The number of rotatable bonds is 8. The van der Waals surface area contributed by atoms with Gasteiger partial charge in [0.1, 0.15) is 24.9 Å². The standard InChI is InChI=1S/C22H26O7/c1-5-11-28-20(24)18-16(23)13-22(3,26)19(21(25)29-12-6-2)17(18)14-7-9-15(27-4)10-8-14/h5-10,17-19,26H,1-2,11-13H2,3-4H3/t17-,18-,19+,22+/m1/s1. The van der Waals surface area contributed by atoms with Gasteiger partial charge in [0.05, 0.1) is 18.6 Å². The lowest BCUT2D eigenvalue weighted by atomic mass is 9.61. The molecule has 2 rings (SSSR count). The van der Waals surface area contributed by atoms with Crippen molar-refractivity contribution < 1.29 is 33.7 Å². The summed E-state index contributed by atoms with van der Waals surface area (Å²) in [5, 5.41) is 10.9. The van der Waals surface area contributed by atoms with Gasteiger partial charge in [-0.2, -0.15) is 0 Å². The molecule has 0 radical (unpaired) electrons. The van der Waals surface area contributed by atoms with E-state index in [0.29, 0.717) is 11.3 Å². The highest BCUT2D eigenvalue weighted by Gasteiger charge is 2.57. The molecule has 7 nitrogen and oxygen atoms in total. The molecule has 1 aromatic carbocycles. The molecule has 4 atom stereocenters. The van der Waals surface area contributed by atoms with Crippen molar-refractivity contribution in [1.29, 1.82) is 0 Å². The molecule has 1 saturated carbocycles. The summed E-state index contributed by atoms with van der Waals surface area (Å²) in [6, 6.07) is 6.61. The first-order valence-corrected chi connectivity index (χ1v) is 9.21. The minimum Gasteiger partial charge on any atom is -0.497 e.